The van der Waals surface area contributed by atoms with Crippen LogP contribution in [0, 0.1) is 0 Å². The molecule has 6 atom stereocenters. The van der Waals surface area contributed by atoms with Crippen LogP contribution < -0.4 is 14.7 Å². The molecule has 0 spiro atoms. The fourth-order valence-electron chi connectivity index (χ4n) is 14.1. The Morgan fingerprint density at radius 3 is 0.634 bits per heavy atom. The summed E-state index contributed by atoms with van der Waals surface area (Å²) in [7, 11) is 2.71. The normalized spacial score (nSPS) is 17.6. The lowest BCUT2D eigenvalue weighted by Crippen LogP contribution is -2.48. The van der Waals surface area contributed by atoms with E-state index in [-0.39, 0.29) is 110 Å². The lowest BCUT2D eigenvalue weighted by Gasteiger charge is -2.43. The molecular formula is C78H75F27N6O12. The number of amides is 6. The highest BCUT2D eigenvalue weighted by Crippen LogP contribution is 2.51. The van der Waals surface area contributed by atoms with Crippen molar-refractivity contribution in [1.82, 2.24) is 14.7 Å². The number of nitrogens with zero attached hydrogens (tertiary/aromatic N) is 6. The minimum atomic E-state index is -5.17. The first-order valence-electron chi connectivity index (χ1n) is 36.7. The highest BCUT2D eigenvalue weighted by molar-refractivity contribution is 5.93. The van der Waals surface area contributed by atoms with E-state index in [1.54, 1.807) is 20.8 Å². The number of anilines is 3. The van der Waals surface area contributed by atoms with E-state index >= 15 is 0 Å². The third-order valence-corrected chi connectivity index (χ3v) is 19.7. The van der Waals surface area contributed by atoms with Gasteiger partial charge in [-0.25, -0.2) is 28.8 Å². The van der Waals surface area contributed by atoms with Gasteiger partial charge in [-0.05, 0) is 202 Å². The van der Waals surface area contributed by atoms with Crippen LogP contribution in [0.2, 0.25) is 0 Å². The van der Waals surface area contributed by atoms with E-state index in [0.29, 0.717) is 72.8 Å². The number of rotatable bonds is 15. The van der Waals surface area contributed by atoms with E-state index < -0.39 is 215 Å². The molecule has 123 heavy (non-hydrogen) atoms. The predicted octanol–water partition coefficient (Wildman–Crippen LogP) is 24.6. The number of hydrogen-bond acceptors (Lipinski definition) is 12. The van der Waals surface area contributed by atoms with Crippen molar-refractivity contribution in [3.05, 3.63) is 193 Å². The van der Waals surface area contributed by atoms with Crippen LogP contribution >= 0.6 is 0 Å². The maximum Gasteiger partial charge on any atom is 0.416 e. The summed E-state index contributed by atoms with van der Waals surface area (Å²) in [5, 5.41) is 0. The van der Waals surface area contributed by atoms with Crippen LogP contribution in [0.25, 0.3) is 0 Å². The van der Waals surface area contributed by atoms with Crippen molar-refractivity contribution in [2.75, 3.05) is 55.8 Å². The molecular weight excluding hydrogens is 1730 g/mol. The molecule has 0 N–H and O–H groups in total. The molecule has 678 valence electrons. The summed E-state index contributed by atoms with van der Waals surface area (Å²) in [6.07, 6.45) is -51.9. The topological polar surface area (TPSA) is 177 Å². The van der Waals surface area contributed by atoms with Gasteiger partial charge in [0.15, 0.2) is 0 Å². The van der Waals surface area contributed by atoms with E-state index in [2.05, 4.69) is 0 Å². The van der Waals surface area contributed by atoms with Gasteiger partial charge in [0.05, 0.1) is 126 Å². The number of carbonyl (C=O) groups excluding carboxylic acids is 6. The van der Waals surface area contributed by atoms with Crippen molar-refractivity contribution >= 4 is 53.6 Å². The molecule has 3 aliphatic heterocycles. The number of alkyl halides is 27. The molecule has 45 heteroatoms. The molecule has 0 bridgehead atoms. The SMILES string of the molecule is CCOC(=O)N1c2ccc(C(F)(F)F)cc2[C@@H](N(Cc2cc(C(F)(F)F)cc(C(F)(F)F)c2)C(=O)OC)C[C@H]1CC.CCOC(=O)N1c2ccc(C(F)(F)F)cc2[C@@H](N(Cc2cc(C(F)(F)F)cc(C(F)(F)F)c2)C(=O)OC)C[C@H]1CC.CCOC(=O)N1c2ccc(C(F)(F)F)cc2[C@@H](N(Cc2cc(C(F)(F)F)cc(C(F)(F)F)c2)C(=O)OC)C[C@H]1CC. The van der Waals surface area contributed by atoms with Crippen molar-refractivity contribution in [2.24, 2.45) is 0 Å². The fourth-order valence-corrected chi connectivity index (χ4v) is 14.1. The van der Waals surface area contributed by atoms with Gasteiger partial charge < -0.3 is 28.4 Å². The fraction of sp³-hybridized carbons (Fsp3) is 0.462. The molecule has 0 unspecified atom stereocenters. The van der Waals surface area contributed by atoms with Gasteiger partial charge in [0.2, 0.25) is 0 Å². The number of ether oxygens (including phenoxy) is 6. The molecule has 0 fully saturated rings. The lowest BCUT2D eigenvalue weighted by molar-refractivity contribution is -0.144. The lowest BCUT2D eigenvalue weighted by atomic mass is 9.87. The smallest absolute Gasteiger partial charge is 0.416 e. The van der Waals surface area contributed by atoms with Crippen LogP contribution in [0.5, 0.6) is 0 Å². The quantitative estimate of drug-likeness (QED) is 0.0703. The van der Waals surface area contributed by atoms with Crippen LogP contribution in [-0.4, -0.2) is 111 Å². The number of methoxy groups -OCH3 is 3. The van der Waals surface area contributed by atoms with Crippen LogP contribution in [0.15, 0.2) is 109 Å². The molecule has 6 amide bonds. The summed E-state index contributed by atoms with van der Waals surface area (Å²) in [5.74, 6) is 0. The molecule has 0 saturated carbocycles. The molecule has 0 aliphatic carbocycles. The second-order valence-electron chi connectivity index (χ2n) is 27.5. The van der Waals surface area contributed by atoms with Gasteiger partial charge in [0.1, 0.15) is 0 Å². The Kier molecular flexibility index (Phi) is 31.0. The second kappa shape index (κ2) is 38.4. The third-order valence-electron chi connectivity index (χ3n) is 19.7. The second-order valence-corrected chi connectivity index (χ2v) is 27.5. The first-order valence-corrected chi connectivity index (χ1v) is 36.7. The standard InChI is InChI=1S/3C26H25F9N2O4/c3*1-4-18-12-21(19-11-15(24(27,28)29)6-7-20(19)37(18)23(39)41-5-2)36(22(38)40-3)13-14-8-16(25(30,31)32)10-17(9-14)26(33,34)35/h3*6-11,18,21H,4-5,12-13H2,1-3H3/t3*18-,21+/m111/s1. The minimum absolute atomic E-state index is 0.0590. The summed E-state index contributed by atoms with van der Waals surface area (Å²) in [5.41, 5.74) is -15.8. The molecule has 0 aromatic heterocycles. The van der Waals surface area contributed by atoms with Gasteiger partial charge >= 0.3 is 92.1 Å². The number of hydrogen-bond donors (Lipinski definition) is 0. The summed E-state index contributed by atoms with van der Waals surface area (Å²) in [6, 6.07) is 3.19. The average molecular weight is 1800 g/mol. The van der Waals surface area contributed by atoms with Crippen LogP contribution in [0.1, 0.15) is 182 Å². The van der Waals surface area contributed by atoms with E-state index in [9.17, 15) is 147 Å². The summed E-state index contributed by atoms with van der Waals surface area (Å²) in [4.78, 5) is 82.7. The van der Waals surface area contributed by atoms with Gasteiger partial charge in [-0.3, -0.25) is 29.4 Å². The predicted molar refractivity (Wildman–Crippen MR) is 380 cm³/mol. The molecule has 6 aromatic carbocycles. The Hall–Kier alpha value is -11.0. The van der Waals surface area contributed by atoms with Crippen LogP contribution in [-0.2, 0) is 104 Å². The summed E-state index contributed by atoms with van der Waals surface area (Å²) in [6.45, 7) is 6.68. The number of fused-ring (bicyclic) bond motifs is 3. The zero-order valence-corrected chi connectivity index (χ0v) is 65.6. The first-order chi connectivity index (χ1) is 56.7. The van der Waals surface area contributed by atoms with Crippen molar-refractivity contribution < 1.29 is 176 Å². The first kappa shape index (κ1) is 99.2. The van der Waals surface area contributed by atoms with Gasteiger partial charge in [-0.15, -0.1) is 0 Å². The van der Waals surface area contributed by atoms with Gasteiger partial charge in [-0.2, -0.15) is 119 Å². The Morgan fingerprint density at radius 1 is 0.293 bits per heavy atom. The number of benzene rings is 6. The maximum absolute atomic E-state index is 13.7. The highest BCUT2D eigenvalue weighted by atomic mass is 19.4. The Bertz CT molecular complexity index is 4190. The van der Waals surface area contributed by atoms with E-state index in [1.165, 1.54) is 20.8 Å². The van der Waals surface area contributed by atoms with Gasteiger partial charge in [0, 0.05) is 37.8 Å². The van der Waals surface area contributed by atoms with Crippen molar-refractivity contribution in [2.45, 2.75) is 192 Å². The highest BCUT2D eigenvalue weighted by Gasteiger charge is 2.49. The van der Waals surface area contributed by atoms with Crippen LogP contribution in [0.4, 0.5) is 164 Å². The van der Waals surface area contributed by atoms with Crippen molar-refractivity contribution in [3.63, 3.8) is 0 Å². The maximum atomic E-state index is 13.7. The van der Waals surface area contributed by atoms with Crippen LogP contribution in [0.3, 0.4) is 0 Å². The molecule has 0 saturated heterocycles. The zero-order chi connectivity index (χ0) is 92.7. The number of halogens is 27. The Morgan fingerprint density at radius 2 is 0.480 bits per heavy atom. The average Bonchev–Trinajstić information content (AvgIpc) is 0.756. The molecule has 3 heterocycles. The van der Waals surface area contributed by atoms with Gasteiger partial charge in [-0.1, -0.05) is 20.8 Å². The van der Waals surface area contributed by atoms with E-state index in [1.807, 2.05) is 0 Å². The molecule has 9 rings (SSSR count). The van der Waals surface area contributed by atoms with Crippen molar-refractivity contribution in [3.8, 4) is 0 Å². The van der Waals surface area contributed by atoms with Gasteiger partial charge in [0.25, 0.3) is 0 Å². The molecule has 3 aliphatic rings. The molecule has 0 radical (unpaired) electrons. The molecule has 18 nitrogen and oxygen atoms in total. The van der Waals surface area contributed by atoms with E-state index in [4.69, 9.17) is 28.4 Å². The summed E-state index contributed by atoms with van der Waals surface area (Å²) < 4.78 is 395. The van der Waals surface area contributed by atoms with Crippen molar-refractivity contribution in [1.29, 1.82) is 0 Å². The Balaban J connectivity index is 0.000000254. The minimum Gasteiger partial charge on any atom is -0.453 e. The third kappa shape index (κ3) is 23.9. The van der Waals surface area contributed by atoms with E-state index in [0.717, 1.165) is 68.9 Å². The largest absolute Gasteiger partial charge is 0.453 e. The molecule has 6 aromatic rings. The monoisotopic (exact) mass is 1800 g/mol. The number of carbonyl (C=O) groups is 6. The summed E-state index contributed by atoms with van der Waals surface area (Å²) >= 11 is 0. The Labute approximate surface area is 682 Å². The zero-order valence-electron chi connectivity index (χ0n) is 65.6.